The van der Waals surface area contributed by atoms with E-state index in [1.165, 1.54) is 12.3 Å². The van der Waals surface area contributed by atoms with Crippen molar-refractivity contribution in [1.29, 1.82) is 5.26 Å². The van der Waals surface area contributed by atoms with Crippen LogP contribution in [0.25, 0.3) is 0 Å². The molecular weight excluding hydrogens is 254 g/mol. The monoisotopic (exact) mass is 267 g/mol. The highest BCUT2D eigenvalue weighted by Gasteiger charge is 2.11. The topological polar surface area (TPSA) is 75.0 Å². The van der Waals surface area contributed by atoms with Crippen molar-refractivity contribution in [2.45, 2.75) is 6.92 Å². The number of nitrogens with zero attached hydrogens (tertiary/aromatic N) is 2. The Balaban J connectivity index is 2.23. The molecule has 0 unspecified atom stereocenters. The molecule has 1 aromatic carbocycles. The van der Waals surface area contributed by atoms with E-state index in [-0.39, 0.29) is 11.6 Å². The van der Waals surface area contributed by atoms with Gasteiger partial charge < -0.3 is 10.1 Å². The number of anilines is 1. The van der Waals surface area contributed by atoms with Gasteiger partial charge in [-0.2, -0.15) is 5.26 Å². The van der Waals surface area contributed by atoms with Gasteiger partial charge in [0.05, 0.1) is 18.4 Å². The highest BCUT2D eigenvalue weighted by atomic mass is 16.5. The lowest BCUT2D eigenvalue weighted by molar-refractivity contribution is 0.102. The molecule has 5 heteroatoms. The third-order valence-corrected chi connectivity index (χ3v) is 2.73. The van der Waals surface area contributed by atoms with Crippen LogP contribution >= 0.6 is 0 Å². The number of nitrogens with one attached hydrogen (secondary N) is 1. The molecule has 0 fully saturated rings. The number of rotatable bonds is 3. The van der Waals surface area contributed by atoms with Gasteiger partial charge in [-0.15, -0.1) is 0 Å². The van der Waals surface area contributed by atoms with E-state index in [1.54, 1.807) is 19.2 Å². The summed E-state index contributed by atoms with van der Waals surface area (Å²) >= 11 is 0. The molecule has 1 heterocycles. The van der Waals surface area contributed by atoms with Crippen molar-refractivity contribution in [3.8, 4) is 11.8 Å². The number of ether oxygens (including phenoxy) is 1. The Kier molecular flexibility index (Phi) is 3.96. The fourth-order valence-corrected chi connectivity index (χ4v) is 1.70. The number of hydrogen-bond acceptors (Lipinski definition) is 4. The van der Waals surface area contributed by atoms with Crippen LogP contribution in [-0.4, -0.2) is 18.0 Å². The van der Waals surface area contributed by atoms with Crippen LogP contribution in [0.2, 0.25) is 0 Å². The first-order valence-corrected chi connectivity index (χ1v) is 5.96. The quantitative estimate of drug-likeness (QED) is 0.927. The highest BCUT2D eigenvalue weighted by Crippen LogP contribution is 2.25. The van der Waals surface area contributed by atoms with E-state index in [1.807, 2.05) is 25.1 Å². The molecule has 0 saturated heterocycles. The largest absolute Gasteiger partial charge is 0.495 e. The van der Waals surface area contributed by atoms with E-state index < -0.39 is 0 Å². The van der Waals surface area contributed by atoms with Crippen molar-refractivity contribution in [3.05, 3.63) is 53.3 Å². The second-order valence-electron chi connectivity index (χ2n) is 4.20. The van der Waals surface area contributed by atoms with Crippen LogP contribution < -0.4 is 10.1 Å². The number of carbonyl (C=O) groups excluding carboxylic acids is 1. The normalized spacial score (nSPS) is 9.65. The lowest BCUT2D eigenvalue weighted by atomic mass is 10.2. The average Bonchev–Trinajstić information content (AvgIpc) is 2.47. The summed E-state index contributed by atoms with van der Waals surface area (Å²) in [4.78, 5) is 16.0. The molecule has 100 valence electrons. The molecule has 0 saturated carbocycles. The van der Waals surface area contributed by atoms with Crippen LogP contribution in [0.15, 0.2) is 36.5 Å². The predicted molar refractivity (Wildman–Crippen MR) is 74.6 cm³/mol. The van der Waals surface area contributed by atoms with Crippen molar-refractivity contribution >= 4 is 11.6 Å². The Morgan fingerprint density at radius 1 is 1.35 bits per heavy atom. The Bertz CT molecular complexity index is 673. The zero-order valence-electron chi connectivity index (χ0n) is 11.2. The number of methoxy groups -OCH3 is 1. The first-order valence-electron chi connectivity index (χ1n) is 5.96. The number of aryl methyl sites for hydroxylation is 1. The molecule has 0 atom stereocenters. The fourth-order valence-electron chi connectivity index (χ4n) is 1.70. The number of carbonyl (C=O) groups is 1. The van der Waals surface area contributed by atoms with E-state index >= 15 is 0 Å². The van der Waals surface area contributed by atoms with Gasteiger partial charge in [0.25, 0.3) is 5.91 Å². The van der Waals surface area contributed by atoms with Crippen LogP contribution in [-0.2, 0) is 0 Å². The Morgan fingerprint density at radius 3 is 2.75 bits per heavy atom. The molecule has 0 aliphatic heterocycles. The fraction of sp³-hybridized carbons (Fsp3) is 0.133. The maximum absolute atomic E-state index is 12.1. The van der Waals surface area contributed by atoms with Gasteiger partial charge in [-0.05, 0) is 36.8 Å². The lowest BCUT2D eigenvalue weighted by Gasteiger charge is -2.10. The van der Waals surface area contributed by atoms with Gasteiger partial charge in [-0.3, -0.25) is 4.79 Å². The van der Waals surface area contributed by atoms with Crippen LogP contribution in [0.1, 0.15) is 21.6 Å². The van der Waals surface area contributed by atoms with Gasteiger partial charge in [0, 0.05) is 6.20 Å². The second kappa shape index (κ2) is 5.85. The van der Waals surface area contributed by atoms with Gasteiger partial charge in [-0.25, -0.2) is 4.98 Å². The second-order valence-corrected chi connectivity index (χ2v) is 4.20. The smallest absolute Gasteiger partial charge is 0.274 e. The van der Waals surface area contributed by atoms with Gasteiger partial charge in [0.1, 0.15) is 17.5 Å². The Morgan fingerprint density at radius 2 is 2.15 bits per heavy atom. The SMILES string of the molecule is COc1ccc(C)cc1NC(=O)c1ccc(C#N)cn1. The van der Waals surface area contributed by atoms with Gasteiger partial charge in [0.15, 0.2) is 0 Å². The highest BCUT2D eigenvalue weighted by molar-refractivity contribution is 6.03. The lowest BCUT2D eigenvalue weighted by Crippen LogP contribution is -2.14. The van der Waals surface area contributed by atoms with E-state index in [0.29, 0.717) is 17.0 Å². The molecule has 0 aliphatic rings. The summed E-state index contributed by atoms with van der Waals surface area (Å²) in [6.07, 6.45) is 1.36. The van der Waals surface area contributed by atoms with Crippen LogP contribution in [0.4, 0.5) is 5.69 Å². The van der Waals surface area contributed by atoms with Crippen molar-refractivity contribution < 1.29 is 9.53 Å². The maximum Gasteiger partial charge on any atom is 0.274 e. The molecule has 1 aromatic heterocycles. The number of amides is 1. The van der Waals surface area contributed by atoms with Crippen LogP contribution in [0.5, 0.6) is 5.75 Å². The van der Waals surface area contributed by atoms with Crippen molar-refractivity contribution in [2.24, 2.45) is 0 Å². The Hall–Kier alpha value is -2.87. The van der Waals surface area contributed by atoms with Crippen molar-refractivity contribution in [2.75, 3.05) is 12.4 Å². The minimum atomic E-state index is -0.349. The summed E-state index contributed by atoms with van der Waals surface area (Å²) in [6.45, 7) is 1.93. The Labute approximate surface area is 116 Å². The van der Waals surface area contributed by atoms with E-state index in [4.69, 9.17) is 10.00 Å². The maximum atomic E-state index is 12.1. The average molecular weight is 267 g/mol. The van der Waals surface area contributed by atoms with Gasteiger partial charge in [0.2, 0.25) is 0 Å². The predicted octanol–water partition coefficient (Wildman–Crippen LogP) is 2.52. The van der Waals surface area contributed by atoms with Crippen molar-refractivity contribution in [1.82, 2.24) is 4.98 Å². The molecule has 1 N–H and O–H groups in total. The molecule has 2 aromatic rings. The molecule has 1 amide bonds. The molecular formula is C15H13N3O2. The number of nitriles is 1. The molecule has 0 radical (unpaired) electrons. The zero-order chi connectivity index (χ0) is 14.5. The summed E-state index contributed by atoms with van der Waals surface area (Å²) in [5.74, 6) is 0.232. The summed E-state index contributed by atoms with van der Waals surface area (Å²) in [5.41, 5.74) is 2.25. The molecule has 0 spiro atoms. The van der Waals surface area contributed by atoms with E-state index in [0.717, 1.165) is 5.56 Å². The minimum absolute atomic E-state index is 0.243. The van der Waals surface area contributed by atoms with Crippen molar-refractivity contribution in [3.63, 3.8) is 0 Å². The number of pyridine rings is 1. The molecule has 0 aliphatic carbocycles. The summed E-state index contributed by atoms with van der Waals surface area (Å²) in [5, 5.41) is 11.4. The first-order chi connectivity index (χ1) is 9.63. The molecule has 2 rings (SSSR count). The van der Waals surface area contributed by atoms with Crippen LogP contribution in [0.3, 0.4) is 0 Å². The molecule has 20 heavy (non-hydrogen) atoms. The first kappa shape index (κ1) is 13.6. The van der Waals surface area contributed by atoms with Gasteiger partial charge in [-0.1, -0.05) is 6.07 Å². The third-order valence-electron chi connectivity index (χ3n) is 2.73. The zero-order valence-corrected chi connectivity index (χ0v) is 11.2. The number of benzene rings is 1. The minimum Gasteiger partial charge on any atom is -0.495 e. The standard InChI is InChI=1S/C15H13N3O2/c1-10-3-6-14(20-2)13(7-10)18-15(19)12-5-4-11(8-16)9-17-12/h3-7,9H,1-2H3,(H,18,19). The third kappa shape index (κ3) is 2.93. The summed E-state index contributed by atoms with van der Waals surface area (Å²) in [6, 6.07) is 10.5. The molecule has 0 bridgehead atoms. The molecule has 5 nitrogen and oxygen atoms in total. The summed E-state index contributed by atoms with van der Waals surface area (Å²) in [7, 11) is 1.54. The van der Waals surface area contributed by atoms with E-state index in [9.17, 15) is 4.79 Å². The summed E-state index contributed by atoms with van der Waals surface area (Å²) < 4.78 is 5.20. The number of aromatic nitrogens is 1. The van der Waals surface area contributed by atoms with Gasteiger partial charge >= 0.3 is 0 Å². The van der Waals surface area contributed by atoms with E-state index in [2.05, 4.69) is 10.3 Å². The number of hydrogen-bond donors (Lipinski definition) is 1. The van der Waals surface area contributed by atoms with Crippen LogP contribution in [0, 0.1) is 18.3 Å².